The summed E-state index contributed by atoms with van der Waals surface area (Å²) in [5, 5.41) is 12.2. The Bertz CT molecular complexity index is 1640. The summed E-state index contributed by atoms with van der Waals surface area (Å²) in [5.74, 6) is 5.54. The van der Waals surface area contributed by atoms with Crippen LogP contribution in [-0.4, -0.2) is 90.1 Å². The highest BCUT2D eigenvalue weighted by Gasteiger charge is 2.30. The fourth-order valence-corrected chi connectivity index (χ4v) is 6.37. The van der Waals surface area contributed by atoms with E-state index >= 15 is 0 Å². The molecule has 2 aromatic carbocycles. The normalized spacial score (nSPS) is 17.0. The number of rotatable bonds is 15. The summed E-state index contributed by atoms with van der Waals surface area (Å²) in [6.07, 6.45) is -0.716. The lowest BCUT2D eigenvalue weighted by Gasteiger charge is -2.37. The first kappa shape index (κ1) is 36.3. The van der Waals surface area contributed by atoms with Crippen molar-refractivity contribution in [1.29, 1.82) is 0 Å². The second-order valence-electron chi connectivity index (χ2n) is 11.3. The summed E-state index contributed by atoms with van der Waals surface area (Å²) in [7, 11) is -0.673. The number of primary sulfonamides is 1. The Hall–Kier alpha value is -3.55. The third-order valence-electron chi connectivity index (χ3n) is 8.10. The summed E-state index contributed by atoms with van der Waals surface area (Å²) in [4.78, 5) is 2.13. The first-order valence-electron chi connectivity index (χ1n) is 15.2. The molecule has 10 nitrogen and oxygen atoms in total. The SMILES string of the molecule is COCCN(CCOC)[C@H]1CC[C@@H](Nc2cccc3c2cc(C#CCNc2ccc(S(N)(=O)=O)cc2OCF)n3CC(F)(F)F)CC1. The fourth-order valence-electron chi connectivity index (χ4n) is 5.84. The molecule has 0 amide bonds. The maximum absolute atomic E-state index is 13.7. The molecule has 47 heavy (non-hydrogen) atoms. The largest absolute Gasteiger partial charge is 0.461 e. The van der Waals surface area contributed by atoms with Crippen LogP contribution in [0, 0.1) is 11.8 Å². The van der Waals surface area contributed by atoms with Gasteiger partial charge >= 0.3 is 6.18 Å². The molecule has 0 spiro atoms. The maximum atomic E-state index is 13.7. The zero-order valence-electron chi connectivity index (χ0n) is 26.4. The molecule has 1 saturated carbocycles. The summed E-state index contributed by atoms with van der Waals surface area (Å²) in [5.41, 5.74) is 1.56. The highest BCUT2D eigenvalue weighted by atomic mass is 32.2. The lowest BCUT2D eigenvalue weighted by molar-refractivity contribution is -0.140. The van der Waals surface area contributed by atoms with E-state index in [1.165, 1.54) is 12.1 Å². The highest BCUT2D eigenvalue weighted by molar-refractivity contribution is 7.89. The lowest BCUT2D eigenvalue weighted by Crippen LogP contribution is -2.43. The molecule has 4 N–H and O–H groups in total. The number of nitrogens with two attached hydrogens (primary N) is 1. The number of nitrogens with zero attached hydrogens (tertiary/aromatic N) is 2. The van der Waals surface area contributed by atoms with E-state index in [1.807, 2.05) is 6.07 Å². The summed E-state index contributed by atoms with van der Waals surface area (Å²) >= 11 is 0. The molecule has 0 saturated heterocycles. The van der Waals surface area contributed by atoms with Crippen molar-refractivity contribution in [3.8, 4) is 17.6 Å². The monoisotopic (exact) mass is 683 g/mol. The highest BCUT2D eigenvalue weighted by Crippen LogP contribution is 2.33. The maximum Gasteiger partial charge on any atom is 0.406 e. The van der Waals surface area contributed by atoms with Gasteiger partial charge in [-0.15, -0.1) is 0 Å². The van der Waals surface area contributed by atoms with E-state index in [-0.39, 0.29) is 34.6 Å². The Morgan fingerprint density at radius 1 is 1.02 bits per heavy atom. The molecule has 0 radical (unpaired) electrons. The number of ether oxygens (including phenoxy) is 3. The molecule has 15 heteroatoms. The average Bonchev–Trinajstić information content (AvgIpc) is 3.36. The minimum absolute atomic E-state index is 0.0506. The molecule has 3 aromatic rings. The molecule has 258 valence electrons. The number of nitrogens with one attached hydrogen (secondary N) is 2. The Kier molecular flexibility index (Phi) is 12.8. The van der Waals surface area contributed by atoms with Gasteiger partial charge in [0.15, 0.2) is 0 Å². The van der Waals surface area contributed by atoms with Crippen molar-refractivity contribution >= 4 is 32.3 Å². The first-order chi connectivity index (χ1) is 22.4. The van der Waals surface area contributed by atoms with Gasteiger partial charge in [-0.25, -0.2) is 17.9 Å². The number of hydrogen-bond donors (Lipinski definition) is 3. The van der Waals surface area contributed by atoms with Crippen LogP contribution in [-0.2, 0) is 26.0 Å². The Labute approximate surface area is 272 Å². The van der Waals surface area contributed by atoms with Crippen LogP contribution in [0.5, 0.6) is 5.75 Å². The van der Waals surface area contributed by atoms with Crippen LogP contribution in [0.2, 0.25) is 0 Å². The number of anilines is 2. The molecule has 1 aromatic heterocycles. The zero-order chi connectivity index (χ0) is 34.0. The molecule has 1 fully saturated rings. The van der Waals surface area contributed by atoms with Crippen molar-refractivity contribution in [2.75, 3.05) is 64.6 Å². The van der Waals surface area contributed by atoms with Crippen LogP contribution in [0.25, 0.3) is 10.9 Å². The number of hydrogen-bond acceptors (Lipinski definition) is 8. The summed E-state index contributed by atoms with van der Waals surface area (Å²) < 4.78 is 93.9. The molecule has 1 aliphatic carbocycles. The molecule has 1 aliphatic rings. The molecule has 0 bridgehead atoms. The van der Waals surface area contributed by atoms with Crippen molar-refractivity contribution in [3.05, 3.63) is 48.2 Å². The topological polar surface area (TPSA) is 120 Å². The molecule has 4 rings (SSSR count). The van der Waals surface area contributed by atoms with E-state index in [4.69, 9.17) is 19.3 Å². The van der Waals surface area contributed by atoms with Gasteiger partial charge in [-0.2, -0.15) is 13.2 Å². The molecule has 0 aliphatic heterocycles. The Morgan fingerprint density at radius 2 is 1.72 bits per heavy atom. The van der Waals surface area contributed by atoms with E-state index in [0.717, 1.165) is 55.1 Å². The third kappa shape index (κ3) is 10.2. The number of alkyl halides is 4. The van der Waals surface area contributed by atoms with E-state index in [2.05, 4.69) is 27.4 Å². The van der Waals surface area contributed by atoms with Gasteiger partial charge in [0, 0.05) is 56.5 Å². The molecule has 1 heterocycles. The van der Waals surface area contributed by atoms with E-state index < -0.39 is 29.6 Å². The number of benzene rings is 2. The van der Waals surface area contributed by atoms with Crippen molar-refractivity contribution in [2.45, 2.75) is 55.4 Å². The number of sulfonamides is 1. The predicted molar refractivity (Wildman–Crippen MR) is 173 cm³/mol. The second kappa shape index (κ2) is 16.5. The Balaban J connectivity index is 1.51. The van der Waals surface area contributed by atoms with Gasteiger partial charge < -0.3 is 29.4 Å². The van der Waals surface area contributed by atoms with Crippen molar-refractivity contribution in [2.24, 2.45) is 5.14 Å². The smallest absolute Gasteiger partial charge is 0.406 e. The Morgan fingerprint density at radius 3 is 2.34 bits per heavy atom. The quantitative estimate of drug-likeness (QED) is 0.152. The third-order valence-corrected chi connectivity index (χ3v) is 9.01. The number of halogens is 4. The van der Waals surface area contributed by atoms with Crippen LogP contribution < -0.4 is 20.5 Å². The van der Waals surface area contributed by atoms with Gasteiger partial charge in [-0.3, -0.25) is 4.90 Å². The van der Waals surface area contributed by atoms with Crippen molar-refractivity contribution in [1.82, 2.24) is 9.47 Å². The number of aromatic nitrogens is 1. The van der Waals surface area contributed by atoms with Gasteiger partial charge in [0.2, 0.25) is 16.9 Å². The van der Waals surface area contributed by atoms with Crippen LogP contribution in [0.15, 0.2) is 47.4 Å². The molecule has 0 atom stereocenters. The minimum atomic E-state index is -4.48. The van der Waals surface area contributed by atoms with Crippen molar-refractivity contribution in [3.63, 3.8) is 0 Å². The number of fused-ring (bicyclic) bond motifs is 1. The molecule has 0 unspecified atom stereocenters. The van der Waals surface area contributed by atoms with E-state index in [1.54, 1.807) is 32.4 Å². The van der Waals surface area contributed by atoms with Crippen LogP contribution in [0.1, 0.15) is 31.4 Å². The summed E-state index contributed by atoms with van der Waals surface area (Å²) in [6.45, 7) is 0.448. The lowest BCUT2D eigenvalue weighted by atomic mass is 9.89. The predicted octanol–water partition coefficient (Wildman–Crippen LogP) is 4.94. The average molecular weight is 684 g/mol. The summed E-state index contributed by atoms with van der Waals surface area (Å²) in [6, 6.07) is 11.1. The molecular formula is C32H41F4N5O5S. The molecular weight excluding hydrogens is 642 g/mol. The first-order valence-corrected chi connectivity index (χ1v) is 16.7. The van der Waals surface area contributed by atoms with Gasteiger partial charge in [0.1, 0.15) is 12.3 Å². The van der Waals surface area contributed by atoms with E-state index in [0.29, 0.717) is 30.2 Å². The number of methoxy groups -OCH3 is 2. The minimum Gasteiger partial charge on any atom is -0.461 e. The van der Waals surface area contributed by atoms with Gasteiger partial charge in [0.05, 0.1) is 41.6 Å². The fraction of sp³-hybridized carbons (Fsp3) is 0.500. The van der Waals surface area contributed by atoms with Crippen molar-refractivity contribution < 1.29 is 40.2 Å². The van der Waals surface area contributed by atoms with Gasteiger partial charge in [-0.05, 0) is 61.9 Å². The van der Waals surface area contributed by atoms with Crippen LogP contribution in [0.4, 0.5) is 28.9 Å². The van der Waals surface area contributed by atoms with Gasteiger partial charge in [0.25, 0.3) is 0 Å². The zero-order valence-corrected chi connectivity index (χ0v) is 27.2. The van der Waals surface area contributed by atoms with Crippen LogP contribution >= 0.6 is 0 Å². The van der Waals surface area contributed by atoms with Crippen LogP contribution in [0.3, 0.4) is 0 Å². The standard InChI is InChI=1S/C32H41F4N5O5S/c1-44-17-15-40(16-18-45-2)24-10-8-23(9-11-24)39-28-6-3-7-30-27(28)19-25(41(30)21-32(34,35)36)5-4-14-38-29-13-12-26(47(37,42)43)20-31(29)46-22-33/h3,6-7,12-13,19-20,23-24,38-39H,8-11,14-18,21-22H2,1-2H3,(H2,37,42,43)/t23-,24+. The second-order valence-corrected chi connectivity index (χ2v) is 12.8. The van der Waals surface area contributed by atoms with E-state index in [9.17, 15) is 26.0 Å². The van der Waals surface area contributed by atoms with Gasteiger partial charge in [-0.1, -0.05) is 12.0 Å².